The predicted molar refractivity (Wildman–Crippen MR) is 97.1 cm³/mol. The van der Waals surface area contributed by atoms with Gasteiger partial charge in [-0.2, -0.15) is 0 Å². The minimum atomic E-state index is -0.372. The molecule has 0 aliphatic carbocycles. The number of nitro benzene ring substituents is 1. The van der Waals surface area contributed by atoms with Crippen molar-refractivity contribution in [3.05, 3.63) is 33.3 Å². The van der Waals surface area contributed by atoms with Gasteiger partial charge in [0.2, 0.25) is 5.91 Å². The van der Waals surface area contributed by atoms with Gasteiger partial charge in [0.1, 0.15) is 5.69 Å². The number of rotatable bonds is 5. The molecule has 2 atom stereocenters. The number of amides is 1. The molecule has 0 radical (unpaired) electrons. The quantitative estimate of drug-likeness (QED) is 0.617. The Hall–Kier alpha value is -1.86. The summed E-state index contributed by atoms with van der Waals surface area (Å²) >= 11 is 6.04. The first-order chi connectivity index (χ1) is 12.0. The molecule has 2 aliphatic rings. The van der Waals surface area contributed by atoms with Gasteiger partial charge in [-0.25, -0.2) is 0 Å². The van der Waals surface area contributed by atoms with E-state index in [2.05, 4.69) is 10.6 Å². The van der Waals surface area contributed by atoms with Crippen LogP contribution in [-0.4, -0.2) is 43.1 Å². The highest BCUT2D eigenvalue weighted by molar-refractivity contribution is 6.31. The van der Waals surface area contributed by atoms with Crippen molar-refractivity contribution in [1.29, 1.82) is 0 Å². The van der Waals surface area contributed by atoms with E-state index in [-0.39, 0.29) is 28.5 Å². The van der Waals surface area contributed by atoms with Crippen molar-refractivity contribution in [2.24, 2.45) is 5.92 Å². The van der Waals surface area contributed by atoms with Crippen LogP contribution in [0.3, 0.4) is 0 Å². The molecule has 25 heavy (non-hydrogen) atoms. The van der Waals surface area contributed by atoms with Gasteiger partial charge in [-0.3, -0.25) is 14.9 Å². The van der Waals surface area contributed by atoms with E-state index in [1.54, 1.807) is 12.1 Å². The molecule has 1 amide bonds. The molecular formula is C17H23ClN4O3. The van der Waals surface area contributed by atoms with Gasteiger partial charge in [-0.1, -0.05) is 11.6 Å². The Morgan fingerprint density at radius 1 is 1.40 bits per heavy atom. The molecule has 7 nitrogen and oxygen atoms in total. The zero-order chi connectivity index (χ0) is 17.8. The van der Waals surface area contributed by atoms with Gasteiger partial charge in [0.05, 0.1) is 11.0 Å². The lowest BCUT2D eigenvalue weighted by Gasteiger charge is -2.34. The number of halogens is 1. The molecule has 8 heteroatoms. The molecule has 2 aliphatic heterocycles. The lowest BCUT2D eigenvalue weighted by atomic mass is 9.97. The number of nitrogens with one attached hydrogen (secondary N) is 2. The number of hydrogen-bond acceptors (Lipinski definition) is 5. The number of anilines is 1. The molecule has 0 aromatic heterocycles. The lowest BCUT2D eigenvalue weighted by molar-refractivity contribution is -0.384. The number of nitrogens with zero attached hydrogens (tertiary/aromatic N) is 2. The normalized spacial score (nSPS) is 23.5. The summed E-state index contributed by atoms with van der Waals surface area (Å²) in [6.45, 7) is 2.94. The van der Waals surface area contributed by atoms with E-state index in [4.69, 9.17) is 11.6 Å². The highest BCUT2D eigenvalue weighted by Crippen LogP contribution is 2.33. The van der Waals surface area contributed by atoms with Crippen molar-refractivity contribution in [3.63, 3.8) is 0 Å². The SMILES string of the molecule is O=C(NCC1CCCN(c2cc(Cl)ccc2[N+](=O)[O-])C1)C1CCCN1. The minimum absolute atomic E-state index is 0.0587. The molecular weight excluding hydrogens is 344 g/mol. The van der Waals surface area contributed by atoms with Crippen LogP contribution in [0.25, 0.3) is 0 Å². The fourth-order valence-electron chi connectivity index (χ4n) is 3.63. The number of hydrogen-bond donors (Lipinski definition) is 2. The third kappa shape index (κ3) is 4.41. The van der Waals surface area contributed by atoms with Gasteiger partial charge >= 0.3 is 0 Å². The molecule has 3 rings (SSSR count). The summed E-state index contributed by atoms with van der Waals surface area (Å²) in [4.78, 5) is 25.1. The number of carbonyl (C=O) groups excluding carboxylic acids is 1. The van der Waals surface area contributed by atoms with E-state index in [1.165, 1.54) is 6.07 Å². The first-order valence-corrected chi connectivity index (χ1v) is 9.12. The second kappa shape index (κ2) is 8.01. The van der Waals surface area contributed by atoms with Crippen LogP contribution in [0.5, 0.6) is 0 Å². The number of benzene rings is 1. The van der Waals surface area contributed by atoms with Crippen molar-refractivity contribution in [2.45, 2.75) is 31.7 Å². The second-order valence-corrected chi connectivity index (χ2v) is 7.17. The average molecular weight is 367 g/mol. The first-order valence-electron chi connectivity index (χ1n) is 8.74. The first kappa shape index (κ1) is 17.9. The number of nitro groups is 1. The van der Waals surface area contributed by atoms with E-state index in [0.29, 0.717) is 23.8 Å². The van der Waals surface area contributed by atoms with Crippen LogP contribution in [0.15, 0.2) is 18.2 Å². The van der Waals surface area contributed by atoms with Crippen LogP contribution in [0.2, 0.25) is 5.02 Å². The maximum Gasteiger partial charge on any atom is 0.292 e. The lowest BCUT2D eigenvalue weighted by Crippen LogP contribution is -2.45. The Morgan fingerprint density at radius 2 is 2.24 bits per heavy atom. The Morgan fingerprint density at radius 3 is 2.96 bits per heavy atom. The number of piperidine rings is 1. The second-order valence-electron chi connectivity index (χ2n) is 6.74. The Kier molecular flexibility index (Phi) is 5.75. The molecule has 136 valence electrons. The summed E-state index contributed by atoms with van der Waals surface area (Å²) in [5.74, 6) is 0.334. The van der Waals surface area contributed by atoms with E-state index < -0.39 is 0 Å². The highest BCUT2D eigenvalue weighted by Gasteiger charge is 2.27. The van der Waals surface area contributed by atoms with Gasteiger partial charge in [0, 0.05) is 30.7 Å². The third-order valence-corrected chi connectivity index (χ3v) is 5.17. The van der Waals surface area contributed by atoms with E-state index in [9.17, 15) is 14.9 Å². The van der Waals surface area contributed by atoms with Crippen molar-refractivity contribution in [1.82, 2.24) is 10.6 Å². The topological polar surface area (TPSA) is 87.5 Å². The minimum Gasteiger partial charge on any atom is -0.366 e. The fourth-order valence-corrected chi connectivity index (χ4v) is 3.80. The number of carbonyl (C=O) groups is 1. The highest BCUT2D eigenvalue weighted by atomic mass is 35.5. The van der Waals surface area contributed by atoms with Gasteiger partial charge in [-0.15, -0.1) is 0 Å². The summed E-state index contributed by atoms with van der Waals surface area (Å²) in [6, 6.07) is 4.57. The molecule has 1 aromatic carbocycles. The van der Waals surface area contributed by atoms with Crippen LogP contribution in [0.4, 0.5) is 11.4 Å². The average Bonchev–Trinajstić information content (AvgIpc) is 3.14. The van der Waals surface area contributed by atoms with E-state index in [1.807, 2.05) is 4.90 Å². The monoisotopic (exact) mass is 366 g/mol. The summed E-state index contributed by atoms with van der Waals surface area (Å²) in [6.07, 6.45) is 3.86. The summed E-state index contributed by atoms with van der Waals surface area (Å²) < 4.78 is 0. The molecule has 2 unspecified atom stereocenters. The summed E-state index contributed by atoms with van der Waals surface area (Å²) in [7, 11) is 0. The molecule has 0 spiro atoms. The van der Waals surface area contributed by atoms with E-state index in [0.717, 1.165) is 38.8 Å². The zero-order valence-corrected chi connectivity index (χ0v) is 14.8. The molecule has 2 heterocycles. The van der Waals surface area contributed by atoms with Crippen LogP contribution in [0.1, 0.15) is 25.7 Å². The van der Waals surface area contributed by atoms with Crippen molar-refractivity contribution in [3.8, 4) is 0 Å². The van der Waals surface area contributed by atoms with Crippen molar-refractivity contribution >= 4 is 28.9 Å². The Labute approximate surface area is 151 Å². The van der Waals surface area contributed by atoms with Crippen LogP contribution >= 0.6 is 11.6 Å². The van der Waals surface area contributed by atoms with Crippen molar-refractivity contribution < 1.29 is 9.72 Å². The zero-order valence-electron chi connectivity index (χ0n) is 14.0. The molecule has 1 aromatic rings. The summed E-state index contributed by atoms with van der Waals surface area (Å²) in [5, 5.41) is 18.0. The van der Waals surface area contributed by atoms with Gasteiger partial charge in [0.15, 0.2) is 0 Å². The maximum atomic E-state index is 12.1. The fraction of sp³-hybridized carbons (Fsp3) is 0.588. The molecule has 0 saturated carbocycles. The van der Waals surface area contributed by atoms with Gasteiger partial charge < -0.3 is 15.5 Å². The molecule has 0 bridgehead atoms. The van der Waals surface area contributed by atoms with E-state index >= 15 is 0 Å². The van der Waals surface area contributed by atoms with Crippen LogP contribution < -0.4 is 15.5 Å². The van der Waals surface area contributed by atoms with Gasteiger partial charge in [0.25, 0.3) is 5.69 Å². The Balaban J connectivity index is 1.62. The third-order valence-electron chi connectivity index (χ3n) is 4.94. The van der Waals surface area contributed by atoms with Gasteiger partial charge in [-0.05, 0) is 50.3 Å². The maximum absolute atomic E-state index is 12.1. The van der Waals surface area contributed by atoms with Crippen LogP contribution in [0, 0.1) is 16.0 Å². The molecule has 2 N–H and O–H groups in total. The largest absolute Gasteiger partial charge is 0.366 e. The predicted octanol–water partition coefficient (Wildman–Crippen LogP) is 2.33. The summed E-state index contributed by atoms with van der Waals surface area (Å²) in [5.41, 5.74) is 0.634. The standard InChI is InChI=1S/C17H23ClN4O3/c18-13-5-6-15(22(24)25)16(9-13)21-8-2-3-12(11-21)10-20-17(23)14-4-1-7-19-14/h5-6,9,12,14,19H,1-4,7-8,10-11H2,(H,20,23). The molecule has 2 saturated heterocycles. The van der Waals surface area contributed by atoms with Crippen LogP contribution in [-0.2, 0) is 4.79 Å². The smallest absolute Gasteiger partial charge is 0.292 e. The molecule has 2 fully saturated rings. The Bertz CT molecular complexity index is 649. The van der Waals surface area contributed by atoms with Crippen molar-refractivity contribution in [2.75, 3.05) is 31.1 Å².